The molecule has 1 aromatic heterocycles. The minimum absolute atomic E-state index is 0.138. The molecular weight excluding hydrogens is 251 g/mol. The number of aryl methyl sites for hydroxylation is 2. The Morgan fingerprint density at radius 2 is 2.16 bits per heavy atom. The SMILES string of the molecule is COc1c(C)ccc(F)c1-c1cc(C(=O)O)nn1C. The second-order valence-electron chi connectivity index (χ2n) is 4.12. The topological polar surface area (TPSA) is 64.3 Å². The summed E-state index contributed by atoms with van der Waals surface area (Å²) >= 11 is 0. The first-order valence-electron chi connectivity index (χ1n) is 5.56. The Hall–Kier alpha value is -2.37. The van der Waals surface area contributed by atoms with Crippen LogP contribution in [-0.4, -0.2) is 28.0 Å². The van der Waals surface area contributed by atoms with Gasteiger partial charge in [-0.15, -0.1) is 0 Å². The number of methoxy groups -OCH3 is 1. The first-order valence-corrected chi connectivity index (χ1v) is 5.56. The predicted molar refractivity (Wildman–Crippen MR) is 66.9 cm³/mol. The molecule has 0 saturated heterocycles. The van der Waals surface area contributed by atoms with Crippen LogP contribution in [0.1, 0.15) is 16.1 Å². The number of ether oxygens (including phenoxy) is 1. The van der Waals surface area contributed by atoms with Gasteiger partial charge in [0, 0.05) is 7.05 Å². The Morgan fingerprint density at radius 3 is 2.68 bits per heavy atom. The molecule has 0 amide bonds. The third kappa shape index (κ3) is 2.16. The normalized spacial score (nSPS) is 10.5. The van der Waals surface area contributed by atoms with Gasteiger partial charge in [0.1, 0.15) is 11.6 Å². The van der Waals surface area contributed by atoms with E-state index in [1.165, 1.54) is 23.9 Å². The zero-order valence-corrected chi connectivity index (χ0v) is 10.8. The third-order valence-corrected chi connectivity index (χ3v) is 2.86. The van der Waals surface area contributed by atoms with Gasteiger partial charge in [0.05, 0.1) is 18.4 Å². The minimum Gasteiger partial charge on any atom is -0.496 e. The molecule has 1 N–H and O–H groups in total. The van der Waals surface area contributed by atoms with Crippen LogP contribution in [0.5, 0.6) is 5.75 Å². The quantitative estimate of drug-likeness (QED) is 0.923. The highest BCUT2D eigenvalue weighted by molar-refractivity contribution is 5.87. The van der Waals surface area contributed by atoms with Gasteiger partial charge in [-0.25, -0.2) is 9.18 Å². The van der Waals surface area contributed by atoms with E-state index in [2.05, 4.69) is 5.10 Å². The van der Waals surface area contributed by atoms with Gasteiger partial charge in [-0.3, -0.25) is 4.68 Å². The number of halogens is 1. The lowest BCUT2D eigenvalue weighted by Crippen LogP contribution is -2.01. The molecule has 0 fully saturated rings. The minimum atomic E-state index is -1.16. The van der Waals surface area contributed by atoms with Crippen molar-refractivity contribution in [3.05, 3.63) is 35.3 Å². The zero-order valence-electron chi connectivity index (χ0n) is 10.8. The number of aromatic nitrogens is 2. The van der Waals surface area contributed by atoms with E-state index >= 15 is 0 Å². The van der Waals surface area contributed by atoms with Crippen LogP contribution >= 0.6 is 0 Å². The lowest BCUT2D eigenvalue weighted by molar-refractivity contribution is 0.0689. The number of hydrogen-bond donors (Lipinski definition) is 1. The molecule has 0 bridgehead atoms. The Bertz CT molecular complexity index is 650. The summed E-state index contributed by atoms with van der Waals surface area (Å²) < 4.78 is 20.6. The first kappa shape index (κ1) is 13.1. The molecule has 19 heavy (non-hydrogen) atoms. The van der Waals surface area contributed by atoms with Crippen molar-refractivity contribution in [2.75, 3.05) is 7.11 Å². The molecule has 0 spiro atoms. The number of benzene rings is 1. The van der Waals surface area contributed by atoms with Crippen LogP contribution in [0.2, 0.25) is 0 Å². The van der Waals surface area contributed by atoms with E-state index in [4.69, 9.17) is 9.84 Å². The van der Waals surface area contributed by atoms with Gasteiger partial charge in [-0.05, 0) is 24.6 Å². The molecule has 0 aliphatic heterocycles. The van der Waals surface area contributed by atoms with Crippen LogP contribution in [0.25, 0.3) is 11.3 Å². The maximum absolute atomic E-state index is 14.0. The van der Waals surface area contributed by atoms with Crippen molar-refractivity contribution in [1.29, 1.82) is 0 Å². The lowest BCUT2D eigenvalue weighted by atomic mass is 10.1. The monoisotopic (exact) mass is 264 g/mol. The maximum Gasteiger partial charge on any atom is 0.356 e. The molecule has 0 saturated carbocycles. The van der Waals surface area contributed by atoms with E-state index in [1.807, 2.05) is 0 Å². The number of rotatable bonds is 3. The summed E-state index contributed by atoms with van der Waals surface area (Å²) in [6, 6.07) is 4.25. The molecule has 6 heteroatoms. The lowest BCUT2D eigenvalue weighted by Gasteiger charge is -2.12. The van der Waals surface area contributed by atoms with Crippen molar-refractivity contribution >= 4 is 5.97 Å². The van der Waals surface area contributed by atoms with E-state index in [0.29, 0.717) is 11.4 Å². The third-order valence-electron chi connectivity index (χ3n) is 2.86. The van der Waals surface area contributed by atoms with Crippen LogP contribution < -0.4 is 4.74 Å². The molecule has 1 aromatic carbocycles. The smallest absolute Gasteiger partial charge is 0.356 e. The molecule has 0 aliphatic rings. The van der Waals surface area contributed by atoms with Crippen molar-refractivity contribution < 1.29 is 19.0 Å². The fourth-order valence-electron chi connectivity index (χ4n) is 1.97. The summed E-state index contributed by atoms with van der Waals surface area (Å²) in [5, 5.41) is 12.7. The van der Waals surface area contributed by atoms with Crippen LogP contribution in [-0.2, 0) is 7.05 Å². The van der Waals surface area contributed by atoms with Crippen molar-refractivity contribution in [2.45, 2.75) is 6.92 Å². The predicted octanol–water partition coefficient (Wildman–Crippen LogP) is 2.24. The molecular formula is C13H13FN2O3. The van der Waals surface area contributed by atoms with E-state index in [0.717, 1.165) is 5.56 Å². The molecule has 0 aliphatic carbocycles. The summed E-state index contributed by atoms with van der Waals surface area (Å²) in [5.41, 5.74) is 1.19. The van der Waals surface area contributed by atoms with Crippen LogP contribution in [0.15, 0.2) is 18.2 Å². The molecule has 0 unspecified atom stereocenters. The molecule has 100 valence electrons. The Kier molecular flexibility index (Phi) is 3.25. The van der Waals surface area contributed by atoms with Gasteiger partial charge < -0.3 is 9.84 Å². The summed E-state index contributed by atoms with van der Waals surface area (Å²) in [7, 11) is 3.00. The number of carboxylic acid groups (broad SMARTS) is 1. The van der Waals surface area contributed by atoms with Gasteiger partial charge in [-0.1, -0.05) is 6.07 Å². The molecule has 2 rings (SSSR count). The Labute approximate surface area is 109 Å². The fraction of sp³-hybridized carbons (Fsp3) is 0.231. The average Bonchev–Trinajstić information content (AvgIpc) is 2.74. The number of carbonyl (C=O) groups is 1. The standard InChI is InChI=1S/C13H13FN2O3/c1-7-4-5-8(14)11(12(7)19-3)10-6-9(13(17)18)15-16(10)2/h4-6H,1-3H3,(H,17,18). The van der Waals surface area contributed by atoms with Crippen molar-refractivity contribution in [1.82, 2.24) is 9.78 Å². The van der Waals surface area contributed by atoms with Crippen LogP contribution in [0.4, 0.5) is 4.39 Å². The Balaban J connectivity index is 2.71. The molecule has 5 nitrogen and oxygen atoms in total. The van der Waals surface area contributed by atoms with Crippen molar-refractivity contribution in [2.24, 2.45) is 7.05 Å². The van der Waals surface area contributed by atoms with Crippen molar-refractivity contribution in [3.8, 4) is 17.0 Å². The molecule has 0 radical (unpaired) electrons. The first-order chi connectivity index (χ1) is 8.95. The second-order valence-corrected chi connectivity index (χ2v) is 4.12. The Morgan fingerprint density at radius 1 is 1.47 bits per heavy atom. The molecule has 0 atom stereocenters. The summed E-state index contributed by atoms with van der Waals surface area (Å²) in [5.74, 6) is -1.27. The highest BCUT2D eigenvalue weighted by Gasteiger charge is 2.20. The highest BCUT2D eigenvalue weighted by Crippen LogP contribution is 2.35. The molecule has 2 aromatic rings. The zero-order chi connectivity index (χ0) is 14.2. The highest BCUT2D eigenvalue weighted by atomic mass is 19.1. The van der Waals surface area contributed by atoms with Gasteiger partial charge in [0.2, 0.25) is 0 Å². The van der Waals surface area contributed by atoms with Crippen LogP contribution in [0, 0.1) is 12.7 Å². The van der Waals surface area contributed by atoms with Crippen molar-refractivity contribution in [3.63, 3.8) is 0 Å². The van der Waals surface area contributed by atoms with E-state index < -0.39 is 11.8 Å². The van der Waals surface area contributed by atoms with Gasteiger partial charge in [0.15, 0.2) is 5.69 Å². The number of carboxylic acids is 1. The summed E-state index contributed by atoms with van der Waals surface area (Å²) in [6.07, 6.45) is 0. The summed E-state index contributed by atoms with van der Waals surface area (Å²) in [4.78, 5) is 10.9. The van der Waals surface area contributed by atoms with E-state index in [9.17, 15) is 9.18 Å². The van der Waals surface area contributed by atoms with Gasteiger partial charge >= 0.3 is 5.97 Å². The average molecular weight is 264 g/mol. The second kappa shape index (κ2) is 4.72. The summed E-state index contributed by atoms with van der Waals surface area (Å²) in [6.45, 7) is 1.79. The van der Waals surface area contributed by atoms with E-state index in [-0.39, 0.29) is 11.3 Å². The number of hydrogen-bond acceptors (Lipinski definition) is 3. The van der Waals surface area contributed by atoms with E-state index in [1.54, 1.807) is 20.0 Å². The number of nitrogens with zero attached hydrogens (tertiary/aromatic N) is 2. The van der Waals surface area contributed by atoms with Gasteiger partial charge in [0.25, 0.3) is 0 Å². The van der Waals surface area contributed by atoms with Gasteiger partial charge in [-0.2, -0.15) is 5.10 Å². The number of aromatic carboxylic acids is 1. The maximum atomic E-state index is 14.0. The molecule has 1 heterocycles. The largest absolute Gasteiger partial charge is 0.496 e. The van der Waals surface area contributed by atoms with Crippen LogP contribution in [0.3, 0.4) is 0 Å². The fourth-order valence-corrected chi connectivity index (χ4v) is 1.97.